The topological polar surface area (TPSA) is 76.7 Å². The molecule has 4 aromatic rings. The van der Waals surface area contributed by atoms with Gasteiger partial charge in [0.15, 0.2) is 0 Å². The molecule has 7 heteroatoms. The Kier molecular flexibility index (Phi) is 5.14. The van der Waals surface area contributed by atoms with Gasteiger partial charge in [0, 0.05) is 17.0 Å². The lowest BCUT2D eigenvalue weighted by molar-refractivity contribution is 0.0605. The summed E-state index contributed by atoms with van der Waals surface area (Å²) in [5, 5.41) is 6.64. The monoisotopic (exact) mass is 405 g/mol. The summed E-state index contributed by atoms with van der Waals surface area (Å²) in [5.74, 6) is 0.313. The van der Waals surface area contributed by atoms with Gasteiger partial charge in [-0.15, -0.1) is 0 Å². The van der Waals surface area contributed by atoms with Crippen molar-refractivity contribution in [3.05, 3.63) is 76.1 Å². The second kappa shape index (κ2) is 7.89. The Labute approximate surface area is 171 Å². The molecular weight excluding hydrogens is 386 g/mol. The SMILES string of the molecule is COC(=O)c1sc(N/N=c2/cc(-c3ccc(C)cc3)oc3ccccc23)nc1C. The van der Waals surface area contributed by atoms with Gasteiger partial charge in [0.25, 0.3) is 0 Å². The second-order valence-corrected chi connectivity index (χ2v) is 7.51. The van der Waals surface area contributed by atoms with Crippen molar-refractivity contribution < 1.29 is 13.9 Å². The van der Waals surface area contributed by atoms with Crippen LogP contribution in [0.4, 0.5) is 5.13 Å². The molecule has 0 spiro atoms. The normalized spacial score (nSPS) is 11.6. The number of aromatic nitrogens is 1. The van der Waals surface area contributed by atoms with Crippen molar-refractivity contribution in [3.63, 3.8) is 0 Å². The quantitative estimate of drug-likeness (QED) is 0.386. The van der Waals surface area contributed by atoms with Gasteiger partial charge >= 0.3 is 5.97 Å². The van der Waals surface area contributed by atoms with Gasteiger partial charge in [-0.3, -0.25) is 5.43 Å². The molecular formula is C22H19N3O3S. The first-order valence-electron chi connectivity index (χ1n) is 9.00. The molecule has 1 N–H and O–H groups in total. The highest BCUT2D eigenvalue weighted by Gasteiger charge is 2.15. The lowest BCUT2D eigenvalue weighted by atomic mass is 10.1. The number of rotatable bonds is 4. The largest absolute Gasteiger partial charge is 0.465 e. The number of ether oxygens (including phenoxy) is 1. The number of hydrogen-bond donors (Lipinski definition) is 1. The molecule has 29 heavy (non-hydrogen) atoms. The van der Waals surface area contributed by atoms with Crippen LogP contribution in [0.5, 0.6) is 0 Å². The number of thiazole rings is 1. The molecule has 0 saturated heterocycles. The highest BCUT2D eigenvalue weighted by atomic mass is 32.1. The molecule has 0 unspecified atom stereocenters. The molecule has 0 bridgehead atoms. The Balaban J connectivity index is 1.78. The zero-order chi connectivity index (χ0) is 20.4. The molecule has 0 fully saturated rings. The van der Waals surface area contributed by atoms with E-state index in [2.05, 4.69) is 15.5 Å². The smallest absolute Gasteiger partial charge is 0.350 e. The Hall–Kier alpha value is -3.45. The van der Waals surface area contributed by atoms with E-state index in [9.17, 15) is 4.79 Å². The predicted octanol–water partition coefficient (Wildman–Crippen LogP) is 4.89. The zero-order valence-electron chi connectivity index (χ0n) is 16.2. The molecule has 2 aromatic carbocycles. The Morgan fingerprint density at radius 2 is 1.90 bits per heavy atom. The van der Waals surface area contributed by atoms with Crippen molar-refractivity contribution in [2.45, 2.75) is 13.8 Å². The molecule has 0 radical (unpaired) electrons. The average molecular weight is 405 g/mol. The van der Waals surface area contributed by atoms with Crippen LogP contribution in [0.3, 0.4) is 0 Å². The number of aryl methyl sites for hydroxylation is 2. The summed E-state index contributed by atoms with van der Waals surface area (Å²) >= 11 is 1.21. The molecule has 0 atom stereocenters. The van der Waals surface area contributed by atoms with Crippen LogP contribution in [0.25, 0.3) is 22.3 Å². The fraction of sp³-hybridized carbons (Fsp3) is 0.136. The fourth-order valence-corrected chi connectivity index (χ4v) is 3.73. The van der Waals surface area contributed by atoms with Crippen LogP contribution in [0.15, 0.2) is 64.1 Å². The molecule has 0 amide bonds. The van der Waals surface area contributed by atoms with E-state index in [1.165, 1.54) is 24.0 Å². The summed E-state index contributed by atoms with van der Waals surface area (Å²) in [6, 6.07) is 17.7. The lowest BCUT2D eigenvalue weighted by Gasteiger charge is -2.05. The molecule has 0 saturated carbocycles. The number of fused-ring (bicyclic) bond motifs is 1. The number of nitrogens with zero attached hydrogens (tertiary/aromatic N) is 2. The van der Waals surface area contributed by atoms with Gasteiger partial charge in [0.2, 0.25) is 5.13 Å². The molecule has 2 heterocycles. The van der Waals surface area contributed by atoms with Crippen molar-refractivity contribution in [1.82, 2.24) is 4.98 Å². The zero-order valence-corrected chi connectivity index (χ0v) is 17.0. The van der Waals surface area contributed by atoms with Crippen molar-refractivity contribution in [2.24, 2.45) is 5.10 Å². The number of para-hydroxylation sites is 1. The molecule has 2 aromatic heterocycles. The summed E-state index contributed by atoms with van der Waals surface area (Å²) in [5.41, 5.74) is 6.45. The van der Waals surface area contributed by atoms with E-state index >= 15 is 0 Å². The average Bonchev–Trinajstić information content (AvgIpc) is 3.12. The van der Waals surface area contributed by atoms with Crippen LogP contribution >= 0.6 is 11.3 Å². The number of benzene rings is 2. The van der Waals surface area contributed by atoms with Gasteiger partial charge in [0.1, 0.15) is 16.2 Å². The third-order valence-corrected chi connectivity index (χ3v) is 5.47. The summed E-state index contributed by atoms with van der Waals surface area (Å²) in [7, 11) is 1.35. The fourth-order valence-electron chi connectivity index (χ4n) is 2.90. The summed E-state index contributed by atoms with van der Waals surface area (Å²) in [6.45, 7) is 3.81. The molecule has 6 nitrogen and oxygen atoms in total. The van der Waals surface area contributed by atoms with E-state index in [0.29, 0.717) is 15.7 Å². The van der Waals surface area contributed by atoms with Crippen LogP contribution in [-0.4, -0.2) is 18.1 Å². The van der Waals surface area contributed by atoms with Gasteiger partial charge in [-0.05, 0) is 26.0 Å². The maximum atomic E-state index is 11.8. The minimum atomic E-state index is -0.404. The first-order valence-corrected chi connectivity index (χ1v) is 9.82. The molecule has 4 rings (SSSR count). The van der Waals surface area contributed by atoms with Gasteiger partial charge in [-0.1, -0.05) is 53.3 Å². The summed E-state index contributed by atoms with van der Waals surface area (Å²) < 4.78 is 10.9. The minimum absolute atomic E-state index is 0.404. The van der Waals surface area contributed by atoms with Gasteiger partial charge in [-0.2, -0.15) is 5.10 Å². The van der Waals surface area contributed by atoms with Crippen molar-refractivity contribution in [1.29, 1.82) is 0 Å². The van der Waals surface area contributed by atoms with Crippen LogP contribution in [-0.2, 0) is 4.74 Å². The van der Waals surface area contributed by atoms with E-state index < -0.39 is 5.97 Å². The Bertz CT molecular complexity index is 1260. The van der Waals surface area contributed by atoms with Crippen LogP contribution in [0.1, 0.15) is 20.9 Å². The van der Waals surface area contributed by atoms with Gasteiger partial charge < -0.3 is 9.15 Å². The number of carbonyl (C=O) groups is 1. The molecule has 0 aliphatic carbocycles. The Morgan fingerprint density at radius 1 is 1.14 bits per heavy atom. The van der Waals surface area contributed by atoms with Crippen molar-refractivity contribution in [3.8, 4) is 11.3 Å². The van der Waals surface area contributed by atoms with E-state index in [1.54, 1.807) is 6.92 Å². The number of methoxy groups -OCH3 is 1. The second-order valence-electron chi connectivity index (χ2n) is 6.51. The van der Waals surface area contributed by atoms with Crippen molar-refractivity contribution in [2.75, 3.05) is 12.5 Å². The highest BCUT2D eigenvalue weighted by Crippen LogP contribution is 2.24. The van der Waals surface area contributed by atoms with E-state index in [4.69, 9.17) is 9.15 Å². The number of carbonyl (C=O) groups excluding carboxylic acids is 1. The number of anilines is 1. The maximum absolute atomic E-state index is 11.8. The first kappa shape index (κ1) is 18.9. The van der Waals surface area contributed by atoms with Crippen LogP contribution in [0.2, 0.25) is 0 Å². The predicted molar refractivity (Wildman–Crippen MR) is 114 cm³/mol. The van der Waals surface area contributed by atoms with Crippen molar-refractivity contribution >= 4 is 33.4 Å². The van der Waals surface area contributed by atoms with E-state index in [1.807, 2.05) is 61.5 Å². The minimum Gasteiger partial charge on any atom is -0.465 e. The van der Waals surface area contributed by atoms with Crippen LogP contribution < -0.4 is 10.8 Å². The van der Waals surface area contributed by atoms with Crippen LogP contribution in [0, 0.1) is 13.8 Å². The standard InChI is InChI=1S/C22H19N3O3S/c1-13-8-10-15(11-9-13)19-12-17(16-6-4-5-7-18(16)28-19)24-25-22-23-14(2)20(29-22)21(26)27-3/h4-12H,1-3H3,(H,23,25)/b24-17-. The first-order chi connectivity index (χ1) is 14.0. The van der Waals surface area contributed by atoms with E-state index in [-0.39, 0.29) is 0 Å². The van der Waals surface area contributed by atoms with Gasteiger partial charge in [-0.25, -0.2) is 9.78 Å². The highest BCUT2D eigenvalue weighted by molar-refractivity contribution is 7.17. The summed E-state index contributed by atoms with van der Waals surface area (Å²) in [6.07, 6.45) is 0. The third-order valence-electron chi connectivity index (χ3n) is 4.43. The maximum Gasteiger partial charge on any atom is 0.350 e. The third kappa shape index (κ3) is 3.90. The number of esters is 1. The molecule has 0 aliphatic rings. The molecule has 146 valence electrons. The lowest BCUT2D eigenvalue weighted by Crippen LogP contribution is -2.07. The van der Waals surface area contributed by atoms with E-state index in [0.717, 1.165) is 27.7 Å². The Morgan fingerprint density at radius 3 is 2.66 bits per heavy atom. The number of hydrogen-bond acceptors (Lipinski definition) is 7. The van der Waals surface area contributed by atoms with Gasteiger partial charge in [0.05, 0.1) is 18.2 Å². The molecule has 0 aliphatic heterocycles. The summed E-state index contributed by atoms with van der Waals surface area (Å²) in [4.78, 5) is 16.6. The number of nitrogens with one attached hydrogen (secondary N) is 1.